The molecule has 0 saturated carbocycles. The summed E-state index contributed by atoms with van der Waals surface area (Å²) in [5.41, 5.74) is 3.43. The molecule has 0 aliphatic rings. The van der Waals surface area contributed by atoms with Crippen molar-refractivity contribution in [3.8, 4) is 22.8 Å². The van der Waals surface area contributed by atoms with Crippen molar-refractivity contribution in [2.45, 2.75) is 17.1 Å². The Morgan fingerprint density at radius 3 is 2.09 bits per heavy atom. The Balaban J connectivity index is 1.20. The van der Waals surface area contributed by atoms with E-state index < -0.39 is 17.1 Å². The van der Waals surface area contributed by atoms with Crippen LogP contribution in [0.1, 0.15) is 22.8 Å². The van der Waals surface area contributed by atoms with Gasteiger partial charge in [-0.15, -0.1) is 23.1 Å². The summed E-state index contributed by atoms with van der Waals surface area (Å²) < 4.78 is 10.4. The average Bonchev–Trinajstić information content (AvgIpc) is 3.57. The highest BCUT2D eigenvalue weighted by Crippen LogP contribution is 2.29. The molecule has 0 saturated heterocycles. The number of hydrogen-bond donors (Lipinski definition) is 3. The molecule has 11 heteroatoms. The van der Waals surface area contributed by atoms with Gasteiger partial charge in [-0.05, 0) is 91.4 Å². The van der Waals surface area contributed by atoms with Gasteiger partial charge in [-0.3, -0.25) is 14.4 Å². The minimum Gasteiger partial charge on any atom is -0.497 e. The molecule has 5 rings (SSSR count). The first kappa shape index (κ1) is 33.0. The number of thioether (sulfide) groups is 1. The summed E-state index contributed by atoms with van der Waals surface area (Å²) in [7, 11) is 3.19. The third-order valence-electron chi connectivity index (χ3n) is 6.87. The van der Waals surface area contributed by atoms with E-state index in [1.165, 1.54) is 23.1 Å². The minimum atomic E-state index is -0.490. The van der Waals surface area contributed by atoms with Crippen molar-refractivity contribution in [1.82, 2.24) is 10.3 Å². The number of benzene rings is 4. The van der Waals surface area contributed by atoms with Crippen LogP contribution in [-0.2, 0) is 9.59 Å². The normalized spacial score (nSPS) is 11.7. The van der Waals surface area contributed by atoms with E-state index in [9.17, 15) is 14.4 Å². The Kier molecular flexibility index (Phi) is 11.1. The lowest BCUT2D eigenvalue weighted by atomic mass is 10.1. The lowest BCUT2D eigenvalue weighted by Gasteiger charge is -2.13. The van der Waals surface area contributed by atoms with Crippen molar-refractivity contribution >= 4 is 57.7 Å². The number of anilines is 2. The number of rotatable bonds is 12. The van der Waals surface area contributed by atoms with Gasteiger partial charge in [0, 0.05) is 27.1 Å². The van der Waals surface area contributed by atoms with Crippen molar-refractivity contribution in [2.24, 2.45) is 0 Å². The number of nitrogens with one attached hydrogen (secondary N) is 3. The van der Waals surface area contributed by atoms with E-state index >= 15 is 0 Å². The lowest BCUT2D eigenvalue weighted by molar-refractivity contribution is -0.115. The summed E-state index contributed by atoms with van der Waals surface area (Å²) in [5.74, 6) is 0.362. The molecule has 1 aromatic heterocycles. The van der Waals surface area contributed by atoms with Crippen LogP contribution in [0.25, 0.3) is 17.3 Å². The maximum atomic E-state index is 13.4. The Morgan fingerprint density at radius 1 is 0.809 bits per heavy atom. The van der Waals surface area contributed by atoms with Crippen LogP contribution in [0.15, 0.2) is 119 Å². The quantitative estimate of drug-likeness (QED) is 0.0943. The van der Waals surface area contributed by atoms with Crippen molar-refractivity contribution in [1.29, 1.82) is 0 Å². The minimum absolute atomic E-state index is 0.0742. The third kappa shape index (κ3) is 9.09. The third-order valence-corrected chi connectivity index (χ3v) is 8.74. The van der Waals surface area contributed by atoms with Crippen molar-refractivity contribution in [3.05, 3.63) is 125 Å². The van der Waals surface area contributed by atoms with Crippen molar-refractivity contribution < 1.29 is 23.9 Å². The summed E-state index contributed by atoms with van der Waals surface area (Å²) >= 11 is 2.74. The molecule has 238 valence electrons. The molecule has 9 nitrogen and oxygen atoms in total. The van der Waals surface area contributed by atoms with E-state index in [0.717, 1.165) is 21.9 Å². The van der Waals surface area contributed by atoms with Gasteiger partial charge in [0.1, 0.15) is 17.2 Å². The molecule has 47 heavy (non-hydrogen) atoms. The number of hydrogen-bond acceptors (Lipinski definition) is 8. The second kappa shape index (κ2) is 15.7. The summed E-state index contributed by atoms with van der Waals surface area (Å²) in [4.78, 5) is 44.6. The molecular formula is C36H32N4O5S2. The van der Waals surface area contributed by atoms with E-state index in [1.807, 2.05) is 54.8 Å². The second-order valence-electron chi connectivity index (χ2n) is 10.1. The van der Waals surface area contributed by atoms with Crippen molar-refractivity contribution in [2.75, 3.05) is 24.9 Å². The van der Waals surface area contributed by atoms with E-state index in [-0.39, 0.29) is 11.6 Å². The van der Waals surface area contributed by atoms with E-state index in [1.54, 1.807) is 81.0 Å². The zero-order valence-corrected chi connectivity index (χ0v) is 27.5. The molecule has 0 fully saturated rings. The van der Waals surface area contributed by atoms with E-state index in [0.29, 0.717) is 27.7 Å². The average molecular weight is 665 g/mol. The molecule has 5 aromatic rings. The van der Waals surface area contributed by atoms with E-state index in [2.05, 4.69) is 20.9 Å². The van der Waals surface area contributed by atoms with Gasteiger partial charge < -0.3 is 25.4 Å². The van der Waals surface area contributed by atoms with Crippen molar-refractivity contribution in [3.63, 3.8) is 0 Å². The molecule has 0 aliphatic heterocycles. The molecule has 0 spiro atoms. The molecular weight excluding hydrogens is 633 g/mol. The molecule has 1 atom stereocenters. The highest BCUT2D eigenvalue weighted by molar-refractivity contribution is 8.00. The van der Waals surface area contributed by atoms with Gasteiger partial charge in [-0.2, -0.15) is 0 Å². The number of nitrogens with zero attached hydrogens (tertiary/aromatic N) is 1. The zero-order chi connectivity index (χ0) is 33.2. The van der Waals surface area contributed by atoms with Crippen LogP contribution >= 0.6 is 23.1 Å². The summed E-state index contributed by atoms with van der Waals surface area (Å²) in [6.07, 6.45) is 1.60. The van der Waals surface area contributed by atoms with Gasteiger partial charge in [0.05, 0.1) is 25.2 Å². The fourth-order valence-corrected chi connectivity index (χ4v) is 5.90. The number of methoxy groups -OCH3 is 2. The summed E-state index contributed by atoms with van der Waals surface area (Å²) in [6.45, 7) is 1.82. The maximum absolute atomic E-state index is 13.4. The SMILES string of the molecule is COc1ccc(/C=C(\NC(=O)c2ccccc2)C(=O)Nc2ccc(SC(C)C(=O)Nc3nc(-c4ccc(OC)cc4)cs3)cc2)cc1. The topological polar surface area (TPSA) is 119 Å². The number of aromatic nitrogens is 1. The predicted octanol–water partition coefficient (Wildman–Crippen LogP) is 7.36. The first-order valence-corrected chi connectivity index (χ1v) is 16.3. The summed E-state index contributed by atoms with van der Waals surface area (Å²) in [6, 6.07) is 30.5. The first-order chi connectivity index (χ1) is 22.8. The fourth-order valence-electron chi connectivity index (χ4n) is 4.31. The molecule has 3 amide bonds. The zero-order valence-electron chi connectivity index (χ0n) is 25.9. The molecule has 0 radical (unpaired) electrons. The Bertz CT molecular complexity index is 1860. The number of carbonyl (C=O) groups is 3. The smallest absolute Gasteiger partial charge is 0.272 e. The Labute approximate surface area is 281 Å². The standard InChI is InChI=1S/C36H32N4O5S2/c1-23(33(41)40-36-39-32(22-46-36)25-11-17-29(45-3)18-12-25)47-30-19-13-27(14-20-30)37-35(43)31(21-24-9-15-28(44-2)16-10-24)38-34(42)26-7-5-4-6-8-26/h4-23H,1-3H3,(H,37,43)(H,38,42)(H,39,40,41)/b31-21-. The highest BCUT2D eigenvalue weighted by Gasteiger charge is 2.18. The van der Waals surface area contributed by atoms with Crippen LogP contribution in [0.4, 0.5) is 10.8 Å². The molecule has 3 N–H and O–H groups in total. The second-order valence-corrected chi connectivity index (χ2v) is 12.4. The molecule has 0 aliphatic carbocycles. The highest BCUT2D eigenvalue weighted by atomic mass is 32.2. The molecule has 0 bridgehead atoms. The number of amides is 3. The summed E-state index contributed by atoms with van der Waals surface area (Å²) in [5, 5.41) is 10.5. The van der Waals surface area contributed by atoms with Crippen LogP contribution in [0.2, 0.25) is 0 Å². The number of ether oxygens (including phenoxy) is 2. The fraction of sp³-hybridized carbons (Fsp3) is 0.111. The number of thiazole rings is 1. The van der Waals surface area contributed by atoms with Gasteiger partial charge in [0.15, 0.2) is 5.13 Å². The largest absolute Gasteiger partial charge is 0.497 e. The Morgan fingerprint density at radius 2 is 1.45 bits per heavy atom. The van der Waals surface area contributed by atoms with Crippen LogP contribution in [0, 0.1) is 0 Å². The van der Waals surface area contributed by atoms with Gasteiger partial charge in [0.25, 0.3) is 11.8 Å². The van der Waals surface area contributed by atoms with Gasteiger partial charge in [0.2, 0.25) is 5.91 Å². The molecule has 1 heterocycles. The molecule has 1 unspecified atom stereocenters. The predicted molar refractivity (Wildman–Crippen MR) is 188 cm³/mol. The Hall–Kier alpha value is -5.39. The van der Waals surface area contributed by atoms with Crippen LogP contribution in [0.3, 0.4) is 0 Å². The van der Waals surface area contributed by atoms with Crippen LogP contribution in [-0.4, -0.2) is 42.2 Å². The van der Waals surface area contributed by atoms with Crippen LogP contribution < -0.4 is 25.4 Å². The maximum Gasteiger partial charge on any atom is 0.272 e. The van der Waals surface area contributed by atoms with E-state index in [4.69, 9.17) is 9.47 Å². The number of carbonyl (C=O) groups excluding carboxylic acids is 3. The monoisotopic (exact) mass is 664 g/mol. The van der Waals surface area contributed by atoms with Crippen LogP contribution in [0.5, 0.6) is 11.5 Å². The first-order valence-electron chi connectivity index (χ1n) is 14.5. The van der Waals surface area contributed by atoms with Gasteiger partial charge in [-0.25, -0.2) is 4.98 Å². The lowest BCUT2D eigenvalue weighted by Crippen LogP contribution is -2.30. The molecule has 4 aromatic carbocycles. The van der Waals surface area contributed by atoms with Gasteiger partial charge >= 0.3 is 0 Å². The van der Waals surface area contributed by atoms with Gasteiger partial charge in [-0.1, -0.05) is 30.3 Å².